The first-order chi connectivity index (χ1) is 7.22. The number of nitrogens with one attached hydrogen (secondary N) is 1. The molecule has 0 amide bonds. The Morgan fingerprint density at radius 2 is 2.13 bits per heavy atom. The molecule has 0 aromatic heterocycles. The minimum absolute atomic E-state index is 0.153. The summed E-state index contributed by atoms with van der Waals surface area (Å²) in [5.41, 5.74) is 0.153. The highest BCUT2D eigenvalue weighted by Gasteiger charge is 2.38. The van der Waals surface area contributed by atoms with Crippen LogP contribution in [0.3, 0.4) is 0 Å². The van der Waals surface area contributed by atoms with Crippen molar-refractivity contribution >= 4 is 0 Å². The van der Waals surface area contributed by atoms with Crippen LogP contribution in [0.1, 0.15) is 39.5 Å². The van der Waals surface area contributed by atoms with Crippen molar-refractivity contribution in [3.05, 3.63) is 0 Å². The molecule has 1 fully saturated rings. The van der Waals surface area contributed by atoms with Crippen molar-refractivity contribution in [2.45, 2.75) is 51.2 Å². The van der Waals surface area contributed by atoms with Crippen LogP contribution in [-0.2, 0) is 9.47 Å². The van der Waals surface area contributed by atoms with Crippen LogP contribution in [0.2, 0.25) is 0 Å². The van der Waals surface area contributed by atoms with E-state index in [-0.39, 0.29) is 11.7 Å². The molecule has 0 saturated heterocycles. The van der Waals surface area contributed by atoms with Crippen molar-refractivity contribution in [3.63, 3.8) is 0 Å². The molecule has 0 radical (unpaired) electrons. The van der Waals surface area contributed by atoms with Crippen LogP contribution < -0.4 is 5.32 Å². The number of rotatable bonds is 8. The first-order valence-electron chi connectivity index (χ1n) is 6.10. The molecule has 3 nitrogen and oxygen atoms in total. The van der Waals surface area contributed by atoms with E-state index in [0.717, 1.165) is 19.5 Å². The Kier molecular flexibility index (Phi) is 5.58. The van der Waals surface area contributed by atoms with Crippen LogP contribution in [0.4, 0.5) is 0 Å². The summed E-state index contributed by atoms with van der Waals surface area (Å²) >= 11 is 0. The van der Waals surface area contributed by atoms with Gasteiger partial charge in [0.2, 0.25) is 0 Å². The van der Waals surface area contributed by atoms with E-state index in [1.165, 1.54) is 19.3 Å². The monoisotopic (exact) mass is 215 g/mol. The van der Waals surface area contributed by atoms with Gasteiger partial charge in [-0.1, -0.05) is 6.92 Å². The fourth-order valence-electron chi connectivity index (χ4n) is 2.19. The fraction of sp³-hybridized carbons (Fsp3) is 1.00. The molecule has 0 aromatic rings. The van der Waals surface area contributed by atoms with Crippen LogP contribution in [-0.4, -0.2) is 38.5 Å². The van der Waals surface area contributed by atoms with Gasteiger partial charge in [0.1, 0.15) is 0 Å². The molecular weight excluding hydrogens is 190 g/mol. The molecular formula is C12H25NO2. The Hall–Kier alpha value is -0.120. The summed E-state index contributed by atoms with van der Waals surface area (Å²) < 4.78 is 11.2. The molecule has 1 saturated carbocycles. The quantitative estimate of drug-likeness (QED) is 0.628. The molecule has 15 heavy (non-hydrogen) atoms. The van der Waals surface area contributed by atoms with Gasteiger partial charge in [0, 0.05) is 7.11 Å². The van der Waals surface area contributed by atoms with E-state index in [0.29, 0.717) is 6.61 Å². The number of methoxy groups -OCH3 is 1. The Morgan fingerprint density at radius 1 is 1.40 bits per heavy atom. The van der Waals surface area contributed by atoms with E-state index in [4.69, 9.17) is 9.47 Å². The van der Waals surface area contributed by atoms with E-state index < -0.39 is 0 Å². The summed E-state index contributed by atoms with van der Waals surface area (Å²) in [7, 11) is 1.73. The summed E-state index contributed by atoms with van der Waals surface area (Å²) in [6.45, 7) is 7.04. The fourth-order valence-corrected chi connectivity index (χ4v) is 2.19. The smallest absolute Gasteiger partial charge is 0.0787 e. The van der Waals surface area contributed by atoms with Gasteiger partial charge in [0.05, 0.1) is 18.3 Å². The molecule has 0 aromatic carbocycles. The van der Waals surface area contributed by atoms with Gasteiger partial charge in [-0.15, -0.1) is 0 Å². The molecule has 1 rings (SSSR count). The van der Waals surface area contributed by atoms with Gasteiger partial charge in [-0.2, -0.15) is 0 Å². The van der Waals surface area contributed by atoms with E-state index in [2.05, 4.69) is 19.2 Å². The molecule has 90 valence electrons. The molecule has 1 atom stereocenters. The van der Waals surface area contributed by atoms with Gasteiger partial charge in [-0.3, -0.25) is 0 Å². The van der Waals surface area contributed by atoms with Gasteiger partial charge >= 0.3 is 0 Å². The third-order valence-electron chi connectivity index (χ3n) is 3.12. The van der Waals surface area contributed by atoms with Gasteiger partial charge in [-0.25, -0.2) is 0 Å². The molecule has 0 spiro atoms. The Labute approximate surface area is 93.5 Å². The lowest BCUT2D eigenvalue weighted by molar-refractivity contribution is -0.150. The molecule has 1 N–H and O–H groups in total. The maximum atomic E-state index is 6.10. The Morgan fingerprint density at radius 3 is 2.60 bits per heavy atom. The van der Waals surface area contributed by atoms with Crippen molar-refractivity contribution < 1.29 is 9.47 Å². The van der Waals surface area contributed by atoms with E-state index >= 15 is 0 Å². The van der Waals surface area contributed by atoms with Gasteiger partial charge in [-0.05, 0) is 45.7 Å². The minimum Gasteiger partial charge on any atom is -0.382 e. The third-order valence-corrected chi connectivity index (χ3v) is 3.12. The second-order valence-corrected chi connectivity index (χ2v) is 4.52. The van der Waals surface area contributed by atoms with Crippen molar-refractivity contribution in [2.24, 2.45) is 0 Å². The first kappa shape index (κ1) is 12.9. The zero-order chi connectivity index (χ0) is 11.1. The maximum absolute atomic E-state index is 6.10. The third kappa shape index (κ3) is 4.09. The topological polar surface area (TPSA) is 30.5 Å². The average molecular weight is 215 g/mol. The van der Waals surface area contributed by atoms with Crippen molar-refractivity contribution in [2.75, 3.05) is 26.8 Å². The molecule has 1 aliphatic carbocycles. The van der Waals surface area contributed by atoms with Gasteiger partial charge in [0.15, 0.2) is 0 Å². The Bertz CT molecular complexity index is 169. The predicted molar refractivity (Wildman–Crippen MR) is 62.2 cm³/mol. The average Bonchev–Trinajstić information content (AvgIpc) is 2.14. The summed E-state index contributed by atoms with van der Waals surface area (Å²) in [6.07, 6.45) is 5.09. The summed E-state index contributed by atoms with van der Waals surface area (Å²) in [5.74, 6) is 0. The largest absolute Gasteiger partial charge is 0.382 e. The first-order valence-corrected chi connectivity index (χ1v) is 6.10. The zero-order valence-corrected chi connectivity index (χ0v) is 10.3. The zero-order valence-electron chi connectivity index (χ0n) is 10.3. The van der Waals surface area contributed by atoms with E-state index in [1.807, 2.05) is 0 Å². The molecule has 1 aliphatic rings. The summed E-state index contributed by atoms with van der Waals surface area (Å²) in [5, 5.41) is 3.37. The lowest BCUT2D eigenvalue weighted by atomic mass is 9.77. The standard InChI is InChI=1S/C12H25NO2/c1-4-13-9-8-12(6-5-7-12)15-11(2)10-14-3/h11,13H,4-10H2,1-3H3. The molecule has 0 bridgehead atoms. The van der Waals surface area contributed by atoms with Crippen LogP contribution in [0.15, 0.2) is 0 Å². The number of hydrogen-bond acceptors (Lipinski definition) is 3. The predicted octanol–water partition coefficient (Wildman–Crippen LogP) is 1.96. The normalized spacial score (nSPS) is 21.0. The van der Waals surface area contributed by atoms with Crippen molar-refractivity contribution in [1.29, 1.82) is 0 Å². The van der Waals surface area contributed by atoms with Crippen molar-refractivity contribution in [1.82, 2.24) is 5.32 Å². The minimum atomic E-state index is 0.153. The highest BCUT2D eigenvalue weighted by molar-refractivity contribution is 4.91. The highest BCUT2D eigenvalue weighted by atomic mass is 16.5. The number of ether oxygens (including phenoxy) is 2. The van der Waals surface area contributed by atoms with Crippen LogP contribution in [0.5, 0.6) is 0 Å². The van der Waals surface area contributed by atoms with E-state index in [1.54, 1.807) is 7.11 Å². The lowest BCUT2D eigenvalue weighted by Gasteiger charge is -2.43. The molecule has 0 aliphatic heterocycles. The van der Waals surface area contributed by atoms with Crippen LogP contribution in [0, 0.1) is 0 Å². The lowest BCUT2D eigenvalue weighted by Crippen LogP contribution is -2.45. The molecule has 3 heteroatoms. The molecule has 1 unspecified atom stereocenters. The van der Waals surface area contributed by atoms with Crippen LogP contribution in [0.25, 0.3) is 0 Å². The SMILES string of the molecule is CCNCCC1(OC(C)COC)CCC1. The highest BCUT2D eigenvalue weighted by Crippen LogP contribution is 2.39. The van der Waals surface area contributed by atoms with Crippen LogP contribution >= 0.6 is 0 Å². The van der Waals surface area contributed by atoms with Crippen molar-refractivity contribution in [3.8, 4) is 0 Å². The second-order valence-electron chi connectivity index (χ2n) is 4.52. The van der Waals surface area contributed by atoms with Gasteiger partial charge in [0.25, 0.3) is 0 Å². The Balaban J connectivity index is 2.25. The summed E-state index contributed by atoms with van der Waals surface area (Å²) in [4.78, 5) is 0. The van der Waals surface area contributed by atoms with Gasteiger partial charge < -0.3 is 14.8 Å². The van der Waals surface area contributed by atoms with E-state index in [9.17, 15) is 0 Å². The second kappa shape index (κ2) is 6.46. The summed E-state index contributed by atoms with van der Waals surface area (Å²) in [6, 6.07) is 0. The maximum Gasteiger partial charge on any atom is 0.0787 e. The number of hydrogen-bond donors (Lipinski definition) is 1. The molecule has 0 heterocycles.